The lowest BCUT2D eigenvalue weighted by atomic mass is 10.0. The molecule has 25 heavy (non-hydrogen) atoms. The van der Waals surface area contributed by atoms with Gasteiger partial charge in [-0.1, -0.05) is 48.5 Å². The third-order valence-corrected chi connectivity index (χ3v) is 4.54. The first-order valence-corrected chi connectivity index (χ1v) is 8.36. The van der Waals surface area contributed by atoms with E-state index in [1.54, 1.807) is 17.0 Å². The topological polar surface area (TPSA) is 53.2 Å². The van der Waals surface area contributed by atoms with Crippen LogP contribution < -0.4 is 0 Å². The molecule has 1 aliphatic heterocycles. The Kier molecular flexibility index (Phi) is 3.94. The number of fused-ring (bicyclic) bond motifs is 1. The monoisotopic (exact) mass is 330 g/mol. The van der Waals surface area contributed by atoms with Crippen molar-refractivity contribution in [3.63, 3.8) is 0 Å². The maximum atomic E-state index is 12.5. The first-order valence-electron chi connectivity index (χ1n) is 8.36. The molecule has 0 atom stereocenters. The summed E-state index contributed by atoms with van der Waals surface area (Å²) in [5, 5.41) is 1.17. The van der Waals surface area contributed by atoms with Crippen LogP contribution in [0.5, 0.6) is 0 Å². The third-order valence-electron chi connectivity index (χ3n) is 4.54. The second kappa shape index (κ2) is 6.40. The second-order valence-electron chi connectivity index (χ2n) is 6.26. The van der Waals surface area contributed by atoms with Crippen LogP contribution in [0.3, 0.4) is 0 Å². The smallest absolute Gasteiger partial charge is 0.247 e. The van der Waals surface area contributed by atoms with Crippen LogP contribution in [-0.2, 0) is 11.2 Å². The largest absolute Gasteiger partial charge is 0.358 e. The molecule has 1 aliphatic rings. The number of aromatic nitrogens is 1. The Balaban J connectivity index is 1.41. The van der Waals surface area contributed by atoms with Gasteiger partial charge in [0.25, 0.3) is 0 Å². The van der Waals surface area contributed by atoms with Gasteiger partial charge in [-0.15, -0.1) is 0 Å². The number of carbonyl (C=O) groups is 2. The molecule has 0 aliphatic carbocycles. The zero-order chi connectivity index (χ0) is 17.2. The van der Waals surface area contributed by atoms with Gasteiger partial charge >= 0.3 is 0 Å². The van der Waals surface area contributed by atoms with E-state index in [2.05, 4.69) is 17.1 Å². The minimum absolute atomic E-state index is 0.0675. The van der Waals surface area contributed by atoms with Crippen molar-refractivity contribution in [1.29, 1.82) is 0 Å². The van der Waals surface area contributed by atoms with Crippen molar-refractivity contribution < 1.29 is 9.59 Å². The van der Waals surface area contributed by atoms with Crippen LogP contribution in [-0.4, -0.2) is 34.7 Å². The Bertz CT molecular complexity index is 937. The number of H-pyrrole nitrogens is 1. The van der Waals surface area contributed by atoms with Crippen LogP contribution >= 0.6 is 0 Å². The Morgan fingerprint density at radius 1 is 1.04 bits per heavy atom. The summed E-state index contributed by atoms with van der Waals surface area (Å²) in [5.41, 5.74) is 3.38. The van der Waals surface area contributed by atoms with Gasteiger partial charge in [0.2, 0.25) is 5.91 Å². The number of nitrogens with one attached hydrogen (secondary N) is 1. The number of Topliss-reactive ketones (excluding diaryl/α,β-unsaturated/α-hetero) is 1. The van der Waals surface area contributed by atoms with Gasteiger partial charge in [0, 0.05) is 41.4 Å². The van der Waals surface area contributed by atoms with Crippen molar-refractivity contribution in [2.24, 2.45) is 0 Å². The number of aromatic amines is 1. The summed E-state index contributed by atoms with van der Waals surface area (Å²) in [6.07, 6.45) is 2.21. The summed E-state index contributed by atoms with van der Waals surface area (Å²) >= 11 is 0. The summed E-state index contributed by atoms with van der Waals surface area (Å²) < 4.78 is 0. The Morgan fingerprint density at radius 2 is 1.80 bits per heavy atom. The van der Waals surface area contributed by atoms with Gasteiger partial charge in [0.1, 0.15) is 0 Å². The number of hydrogen-bond acceptors (Lipinski definition) is 2. The molecular weight excluding hydrogens is 312 g/mol. The van der Waals surface area contributed by atoms with E-state index in [0.717, 1.165) is 17.6 Å². The van der Waals surface area contributed by atoms with Crippen molar-refractivity contribution in [1.82, 2.24) is 9.88 Å². The highest BCUT2D eigenvalue weighted by Gasteiger charge is 2.26. The number of para-hydroxylation sites is 1. The molecule has 1 aromatic heterocycles. The normalized spacial score (nSPS) is 14.2. The van der Waals surface area contributed by atoms with Crippen LogP contribution in [0.25, 0.3) is 10.9 Å². The van der Waals surface area contributed by atoms with Crippen LogP contribution in [0, 0.1) is 0 Å². The number of carbonyl (C=O) groups excluding carboxylic acids is 2. The van der Waals surface area contributed by atoms with Crippen molar-refractivity contribution in [3.05, 3.63) is 83.6 Å². The van der Waals surface area contributed by atoms with Crippen LogP contribution in [0.2, 0.25) is 0 Å². The molecule has 1 amide bonds. The van der Waals surface area contributed by atoms with E-state index in [0.29, 0.717) is 24.2 Å². The van der Waals surface area contributed by atoms with Gasteiger partial charge in [-0.25, -0.2) is 0 Å². The predicted octanol–water partition coefficient (Wildman–Crippen LogP) is 3.36. The molecule has 0 fully saturated rings. The van der Waals surface area contributed by atoms with Crippen molar-refractivity contribution in [2.75, 3.05) is 13.1 Å². The standard InChI is InChI=1S/C21H18N2O2/c24-20-13-17(21(25)15-6-2-1-3-7-15)14-23(20)11-10-18-12-16-8-4-5-9-19(16)22-18/h1-9,12-13,22H,10-11,14H2. The number of benzene rings is 2. The lowest BCUT2D eigenvalue weighted by Crippen LogP contribution is -2.29. The first kappa shape index (κ1) is 15.4. The average Bonchev–Trinajstić information content (AvgIpc) is 3.23. The van der Waals surface area contributed by atoms with Crippen LogP contribution in [0.15, 0.2) is 72.3 Å². The summed E-state index contributed by atoms with van der Waals surface area (Å²) in [5.74, 6) is -0.155. The molecule has 4 rings (SSSR count). The van der Waals surface area contributed by atoms with Gasteiger partial charge in [0.15, 0.2) is 5.78 Å². The van der Waals surface area contributed by atoms with Gasteiger partial charge in [-0.3, -0.25) is 9.59 Å². The minimum atomic E-state index is -0.0876. The molecule has 2 aromatic carbocycles. The molecule has 2 heterocycles. The van der Waals surface area contributed by atoms with E-state index in [1.807, 2.05) is 36.4 Å². The minimum Gasteiger partial charge on any atom is -0.358 e. The third kappa shape index (κ3) is 3.11. The first-order chi connectivity index (χ1) is 12.2. The Labute approximate surface area is 145 Å². The number of ketones is 1. The molecule has 4 heteroatoms. The highest BCUT2D eigenvalue weighted by Crippen LogP contribution is 2.18. The molecule has 3 aromatic rings. The van der Waals surface area contributed by atoms with Gasteiger partial charge in [0.05, 0.1) is 6.54 Å². The molecule has 0 unspecified atom stereocenters. The van der Waals surface area contributed by atoms with E-state index in [9.17, 15) is 9.59 Å². The number of rotatable bonds is 5. The number of hydrogen-bond donors (Lipinski definition) is 1. The molecule has 124 valence electrons. The fourth-order valence-corrected chi connectivity index (χ4v) is 3.19. The van der Waals surface area contributed by atoms with Gasteiger partial charge in [-0.2, -0.15) is 0 Å². The van der Waals surface area contributed by atoms with E-state index >= 15 is 0 Å². The summed E-state index contributed by atoms with van der Waals surface area (Å²) in [6.45, 7) is 0.973. The van der Waals surface area contributed by atoms with Gasteiger partial charge < -0.3 is 9.88 Å². The van der Waals surface area contributed by atoms with Crippen LogP contribution in [0.1, 0.15) is 16.1 Å². The summed E-state index contributed by atoms with van der Waals surface area (Å²) in [6, 6.07) is 19.3. The SMILES string of the molecule is O=C(C1=CC(=O)N(CCc2cc3ccccc3[nH]2)C1)c1ccccc1. The van der Waals surface area contributed by atoms with Crippen LogP contribution in [0.4, 0.5) is 0 Å². The lowest BCUT2D eigenvalue weighted by molar-refractivity contribution is -0.124. The van der Waals surface area contributed by atoms with E-state index < -0.39 is 0 Å². The van der Waals surface area contributed by atoms with E-state index in [1.165, 1.54) is 11.5 Å². The fourth-order valence-electron chi connectivity index (χ4n) is 3.19. The van der Waals surface area contributed by atoms with Crippen molar-refractivity contribution in [2.45, 2.75) is 6.42 Å². The van der Waals surface area contributed by atoms with Crippen molar-refractivity contribution in [3.8, 4) is 0 Å². The van der Waals surface area contributed by atoms with Crippen molar-refractivity contribution >= 4 is 22.6 Å². The van der Waals surface area contributed by atoms with E-state index in [-0.39, 0.29) is 11.7 Å². The predicted molar refractivity (Wildman–Crippen MR) is 97.4 cm³/mol. The quantitative estimate of drug-likeness (QED) is 0.729. The van der Waals surface area contributed by atoms with E-state index in [4.69, 9.17) is 0 Å². The summed E-state index contributed by atoms with van der Waals surface area (Å²) in [4.78, 5) is 29.8. The number of nitrogens with zero attached hydrogens (tertiary/aromatic N) is 1. The Hall–Kier alpha value is -3.14. The highest BCUT2D eigenvalue weighted by atomic mass is 16.2. The molecule has 4 nitrogen and oxygen atoms in total. The maximum absolute atomic E-state index is 12.5. The molecule has 0 spiro atoms. The molecule has 0 saturated heterocycles. The summed E-state index contributed by atoms with van der Waals surface area (Å²) in [7, 11) is 0. The molecule has 0 bridgehead atoms. The van der Waals surface area contributed by atoms with Gasteiger partial charge in [-0.05, 0) is 17.5 Å². The molecular formula is C21H18N2O2. The Morgan fingerprint density at radius 3 is 2.60 bits per heavy atom. The maximum Gasteiger partial charge on any atom is 0.247 e. The fraction of sp³-hybridized carbons (Fsp3) is 0.143. The number of amides is 1. The molecule has 1 N–H and O–H groups in total. The molecule has 0 saturated carbocycles. The second-order valence-corrected chi connectivity index (χ2v) is 6.26. The zero-order valence-electron chi connectivity index (χ0n) is 13.7. The zero-order valence-corrected chi connectivity index (χ0v) is 13.7. The lowest BCUT2D eigenvalue weighted by Gasteiger charge is -2.15. The average molecular weight is 330 g/mol. The highest BCUT2D eigenvalue weighted by molar-refractivity contribution is 6.14. The molecule has 0 radical (unpaired) electrons.